The summed E-state index contributed by atoms with van der Waals surface area (Å²) in [5.74, 6) is -0.603. The predicted molar refractivity (Wildman–Crippen MR) is 73.7 cm³/mol. The van der Waals surface area contributed by atoms with E-state index in [4.69, 9.17) is 4.74 Å². The molecule has 2 aliphatic rings. The van der Waals surface area contributed by atoms with Gasteiger partial charge in [-0.25, -0.2) is 4.39 Å². The molecule has 1 aromatic rings. The van der Waals surface area contributed by atoms with E-state index in [1.807, 2.05) is 0 Å². The zero-order valence-corrected chi connectivity index (χ0v) is 12.2. The zero-order chi connectivity index (χ0) is 13.5. The van der Waals surface area contributed by atoms with Crippen LogP contribution < -0.4 is 0 Å². The second-order valence-electron chi connectivity index (χ2n) is 5.56. The normalized spacial score (nSPS) is 25.1. The minimum absolute atomic E-state index is 0.0756. The van der Waals surface area contributed by atoms with Gasteiger partial charge in [0.05, 0.1) is 11.2 Å². The molecule has 1 atom stereocenters. The van der Waals surface area contributed by atoms with Gasteiger partial charge in [0.2, 0.25) is 0 Å². The van der Waals surface area contributed by atoms with Crippen LogP contribution in [0.5, 0.6) is 0 Å². The van der Waals surface area contributed by atoms with Gasteiger partial charge in [-0.15, -0.1) is 0 Å². The number of rotatable bonds is 2. The largest absolute Gasteiger partial charge is 0.375 e. The smallest absolute Gasteiger partial charge is 0.169 e. The molecule has 3 rings (SSSR count). The maximum absolute atomic E-state index is 13.8. The van der Waals surface area contributed by atoms with Gasteiger partial charge >= 0.3 is 0 Å². The fraction of sp³-hybridized carbons (Fsp3) is 0.533. The van der Waals surface area contributed by atoms with Crippen LogP contribution in [0.25, 0.3) is 0 Å². The van der Waals surface area contributed by atoms with E-state index in [9.17, 15) is 9.18 Å². The first-order valence-corrected chi connectivity index (χ1v) is 7.52. The number of halogens is 2. The van der Waals surface area contributed by atoms with Crippen LogP contribution in [0.4, 0.5) is 4.39 Å². The molecule has 1 spiro atoms. The summed E-state index contributed by atoms with van der Waals surface area (Å²) in [5.41, 5.74) is 0.122. The van der Waals surface area contributed by atoms with E-state index in [-0.39, 0.29) is 22.9 Å². The van der Waals surface area contributed by atoms with Gasteiger partial charge in [-0.2, -0.15) is 0 Å². The number of ketones is 1. The minimum atomic E-state index is -0.428. The Kier molecular flexibility index (Phi) is 3.48. The predicted octanol–water partition coefficient (Wildman–Crippen LogP) is 4.12. The second kappa shape index (κ2) is 4.98. The topological polar surface area (TPSA) is 26.3 Å². The molecule has 0 aromatic heterocycles. The Labute approximate surface area is 120 Å². The average Bonchev–Trinajstić information content (AvgIpc) is 2.39. The molecule has 4 heteroatoms. The molecule has 1 heterocycles. The third-order valence-corrected chi connectivity index (χ3v) is 4.82. The summed E-state index contributed by atoms with van der Waals surface area (Å²) in [7, 11) is 0. The zero-order valence-electron chi connectivity index (χ0n) is 10.6. The van der Waals surface area contributed by atoms with Crippen LogP contribution >= 0.6 is 15.9 Å². The van der Waals surface area contributed by atoms with Gasteiger partial charge in [0.15, 0.2) is 5.78 Å². The Hall–Kier alpha value is -0.740. The SMILES string of the molecule is O=C(c1cc(Br)ccc1F)C1CCOC2(CCC2)C1. The number of hydrogen-bond donors (Lipinski definition) is 0. The van der Waals surface area contributed by atoms with E-state index >= 15 is 0 Å². The van der Waals surface area contributed by atoms with Crippen molar-refractivity contribution in [1.29, 1.82) is 0 Å². The van der Waals surface area contributed by atoms with Crippen LogP contribution in [0.3, 0.4) is 0 Å². The molecule has 1 saturated carbocycles. The number of benzene rings is 1. The molecule has 1 aliphatic carbocycles. The summed E-state index contributed by atoms with van der Waals surface area (Å²) < 4.78 is 20.3. The number of Topliss-reactive ketones (excluding diaryl/α,β-unsaturated/α-hetero) is 1. The van der Waals surface area contributed by atoms with Gasteiger partial charge in [-0.1, -0.05) is 15.9 Å². The van der Waals surface area contributed by atoms with Crippen LogP contribution in [0.2, 0.25) is 0 Å². The standard InChI is InChI=1S/C15H16BrFO2/c16-11-2-3-13(17)12(8-11)14(18)10-4-7-19-15(9-10)5-1-6-15/h2-3,8,10H,1,4-7,9H2. The highest BCUT2D eigenvalue weighted by molar-refractivity contribution is 9.10. The van der Waals surface area contributed by atoms with E-state index in [2.05, 4.69) is 15.9 Å². The molecule has 0 N–H and O–H groups in total. The van der Waals surface area contributed by atoms with Crippen LogP contribution in [-0.4, -0.2) is 18.0 Å². The third kappa shape index (κ3) is 2.48. The minimum Gasteiger partial charge on any atom is -0.375 e. The summed E-state index contributed by atoms with van der Waals surface area (Å²) in [6.45, 7) is 0.617. The highest BCUT2D eigenvalue weighted by Crippen LogP contribution is 2.45. The van der Waals surface area contributed by atoms with Crippen molar-refractivity contribution in [1.82, 2.24) is 0 Å². The lowest BCUT2D eigenvalue weighted by Crippen LogP contribution is -2.47. The highest BCUT2D eigenvalue weighted by Gasteiger charge is 2.44. The highest BCUT2D eigenvalue weighted by atomic mass is 79.9. The lowest BCUT2D eigenvalue weighted by Gasteiger charge is -2.46. The van der Waals surface area contributed by atoms with Crippen LogP contribution in [-0.2, 0) is 4.74 Å². The van der Waals surface area contributed by atoms with Crippen molar-refractivity contribution in [2.24, 2.45) is 5.92 Å². The van der Waals surface area contributed by atoms with Crippen molar-refractivity contribution in [3.63, 3.8) is 0 Å². The molecular formula is C15H16BrFO2. The monoisotopic (exact) mass is 326 g/mol. The first kappa shape index (κ1) is 13.3. The molecular weight excluding hydrogens is 311 g/mol. The lowest BCUT2D eigenvalue weighted by molar-refractivity contribution is -0.137. The fourth-order valence-electron chi connectivity index (χ4n) is 3.08. The van der Waals surface area contributed by atoms with Crippen LogP contribution in [0.1, 0.15) is 42.5 Å². The number of ether oxygens (including phenoxy) is 1. The van der Waals surface area contributed by atoms with Gasteiger partial charge in [0, 0.05) is 17.0 Å². The lowest BCUT2D eigenvalue weighted by atomic mass is 9.70. The molecule has 0 radical (unpaired) electrons. The summed E-state index contributed by atoms with van der Waals surface area (Å²) in [4.78, 5) is 12.5. The third-order valence-electron chi connectivity index (χ3n) is 4.32. The summed E-state index contributed by atoms with van der Waals surface area (Å²) in [5, 5.41) is 0. The molecule has 1 aliphatic heterocycles. The molecule has 19 heavy (non-hydrogen) atoms. The Morgan fingerprint density at radius 2 is 2.21 bits per heavy atom. The second-order valence-corrected chi connectivity index (χ2v) is 6.48. The molecule has 0 bridgehead atoms. The van der Waals surface area contributed by atoms with E-state index in [0.29, 0.717) is 13.0 Å². The maximum atomic E-state index is 13.8. The van der Waals surface area contributed by atoms with Gasteiger partial charge in [-0.05, 0) is 50.3 Å². The first-order valence-electron chi connectivity index (χ1n) is 6.73. The van der Waals surface area contributed by atoms with E-state index in [0.717, 1.165) is 23.7 Å². The molecule has 2 fully saturated rings. The van der Waals surface area contributed by atoms with Crippen LogP contribution in [0.15, 0.2) is 22.7 Å². The van der Waals surface area contributed by atoms with Crippen molar-refractivity contribution in [3.05, 3.63) is 34.1 Å². The van der Waals surface area contributed by atoms with Gasteiger partial charge in [0.25, 0.3) is 0 Å². The fourth-order valence-corrected chi connectivity index (χ4v) is 3.44. The van der Waals surface area contributed by atoms with Crippen molar-refractivity contribution < 1.29 is 13.9 Å². The Morgan fingerprint density at radius 1 is 1.42 bits per heavy atom. The van der Waals surface area contributed by atoms with Gasteiger partial charge in [0.1, 0.15) is 5.82 Å². The van der Waals surface area contributed by atoms with E-state index in [1.165, 1.54) is 12.5 Å². The molecule has 102 valence electrons. The molecule has 2 nitrogen and oxygen atoms in total. The van der Waals surface area contributed by atoms with Crippen molar-refractivity contribution >= 4 is 21.7 Å². The Balaban J connectivity index is 1.81. The van der Waals surface area contributed by atoms with Crippen molar-refractivity contribution in [3.8, 4) is 0 Å². The summed E-state index contributed by atoms with van der Waals surface area (Å²) >= 11 is 3.29. The van der Waals surface area contributed by atoms with Crippen molar-refractivity contribution in [2.75, 3.05) is 6.61 Å². The van der Waals surface area contributed by atoms with E-state index in [1.54, 1.807) is 12.1 Å². The number of hydrogen-bond acceptors (Lipinski definition) is 2. The number of carbonyl (C=O) groups is 1. The van der Waals surface area contributed by atoms with Gasteiger partial charge < -0.3 is 4.74 Å². The summed E-state index contributed by atoms with van der Waals surface area (Å²) in [6, 6.07) is 4.54. The quantitative estimate of drug-likeness (QED) is 0.764. The Morgan fingerprint density at radius 3 is 2.89 bits per heavy atom. The summed E-state index contributed by atoms with van der Waals surface area (Å²) in [6.07, 6.45) is 4.70. The molecule has 0 amide bonds. The molecule has 1 saturated heterocycles. The van der Waals surface area contributed by atoms with E-state index < -0.39 is 5.82 Å². The van der Waals surface area contributed by atoms with Gasteiger partial charge in [-0.3, -0.25) is 4.79 Å². The number of carbonyl (C=O) groups excluding carboxylic acids is 1. The van der Waals surface area contributed by atoms with Crippen LogP contribution in [0, 0.1) is 11.7 Å². The first-order chi connectivity index (χ1) is 9.10. The Bertz CT molecular complexity index is 511. The molecule has 1 unspecified atom stereocenters. The van der Waals surface area contributed by atoms with Crippen molar-refractivity contribution in [2.45, 2.75) is 37.7 Å². The maximum Gasteiger partial charge on any atom is 0.169 e. The average molecular weight is 327 g/mol. The molecule has 1 aromatic carbocycles.